The molecule has 1 aromatic rings. The summed E-state index contributed by atoms with van der Waals surface area (Å²) in [4.78, 5) is 10.9. The SMILES string of the molecule is O=C(O)c1ccnn1CC1CCCCC1. The molecule has 0 unspecified atom stereocenters. The molecule has 1 aliphatic rings. The van der Waals surface area contributed by atoms with Crippen LogP contribution in [0.1, 0.15) is 42.6 Å². The first-order chi connectivity index (χ1) is 7.27. The Morgan fingerprint density at radius 3 is 2.87 bits per heavy atom. The Balaban J connectivity index is 2.03. The Labute approximate surface area is 88.9 Å². The van der Waals surface area contributed by atoms with Gasteiger partial charge in [-0.05, 0) is 24.8 Å². The van der Waals surface area contributed by atoms with Gasteiger partial charge < -0.3 is 5.11 Å². The molecule has 82 valence electrons. The van der Waals surface area contributed by atoms with Crippen LogP contribution in [0.15, 0.2) is 12.3 Å². The molecule has 0 aromatic carbocycles. The number of aromatic carboxylic acids is 1. The second-order valence-electron chi connectivity index (χ2n) is 4.21. The molecule has 4 nitrogen and oxygen atoms in total. The third-order valence-corrected chi connectivity index (χ3v) is 3.09. The summed E-state index contributed by atoms with van der Waals surface area (Å²) < 4.78 is 1.62. The van der Waals surface area contributed by atoms with Gasteiger partial charge in [-0.1, -0.05) is 19.3 Å². The van der Waals surface area contributed by atoms with Gasteiger partial charge in [-0.3, -0.25) is 4.68 Å². The lowest BCUT2D eigenvalue weighted by Gasteiger charge is -2.21. The van der Waals surface area contributed by atoms with E-state index in [4.69, 9.17) is 5.11 Å². The first kappa shape index (κ1) is 10.2. The van der Waals surface area contributed by atoms with Crippen molar-refractivity contribution in [2.75, 3.05) is 0 Å². The number of rotatable bonds is 3. The Kier molecular flexibility index (Phi) is 3.04. The van der Waals surface area contributed by atoms with Crippen molar-refractivity contribution in [3.8, 4) is 0 Å². The highest BCUT2D eigenvalue weighted by molar-refractivity contribution is 5.85. The maximum atomic E-state index is 10.9. The van der Waals surface area contributed by atoms with Crippen LogP contribution in [0.5, 0.6) is 0 Å². The lowest BCUT2D eigenvalue weighted by Crippen LogP contribution is -2.18. The average Bonchev–Trinajstić information content (AvgIpc) is 2.67. The molecule has 1 aromatic heterocycles. The van der Waals surface area contributed by atoms with Gasteiger partial charge in [0.25, 0.3) is 0 Å². The van der Waals surface area contributed by atoms with Gasteiger partial charge in [0.1, 0.15) is 5.69 Å². The van der Waals surface area contributed by atoms with Crippen LogP contribution < -0.4 is 0 Å². The zero-order valence-corrected chi connectivity index (χ0v) is 8.72. The first-order valence-electron chi connectivity index (χ1n) is 5.52. The van der Waals surface area contributed by atoms with Crippen molar-refractivity contribution in [1.82, 2.24) is 9.78 Å². The topological polar surface area (TPSA) is 55.1 Å². The zero-order chi connectivity index (χ0) is 10.7. The summed E-state index contributed by atoms with van der Waals surface area (Å²) in [5.41, 5.74) is 0.306. The van der Waals surface area contributed by atoms with E-state index in [2.05, 4.69) is 5.10 Å². The van der Waals surface area contributed by atoms with Crippen molar-refractivity contribution in [3.63, 3.8) is 0 Å². The standard InChI is InChI=1S/C11H16N2O2/c14-11(15)10-6-7-12-13(10)8-9-4-2-1-3-5-9/h6-7,9H,1-5,8H2,(H,14,15). The van der Waals surface area contributed by atoms with Crippen LogP contribution in [-0.2, 0) is 6.54 Å². The predicted molar refractivity (Wildman–Crippen MR) is 55.8 cm³/mol. The zero-order valence-electron chi connectivity index (χ0n) is 8.72. The molecule has 0 saturated heterocycles. The van der Waals surface area contributed by atoms with E-state index in [-0.39, 0.29) is 0 Å². The van der Waals surface area contributed by atoms with Gasteiger partial charge >= 0.3 is 5.97 Å². The molecule has 1 saturated carbocycles. The lowest BCUT2D eigenvalue weighted by atomic mass is 9.89. The summed E-state index contributed by atoms with van der Waals surface area (Å²) in [6.07, 6.45) is 7.84. The number of aromatic nitrogens is 2. The number of carboxylic acids is 1. The Morgan fingerprint density at radius 1 is 1.47 bits per heavy atom. The fourth-order valence-corrected chi connectivity index (χ4v) is 2.27. The van der Waals surface area contributed by atoms with Crippen molar-refractivity contribution in [2.45, 2.75) is 38.6 Å². The van der Waals surface area contributed by atoms with Crippen molar-refractivity contribution < 1.29 is 9.90 Å². The molecule has 2 rings (SSSR count). The lowest BCUT2D eigenvalue weighted by molar-refractivity contribution is 0.0681. The second kappa shape index (κ2) is 4.47. The molecule has 4 heteroatoms. The van der Waals surface area contributed by atoms with Crippen LogP contribution in [0.25, 0.3) is 0 Å². The second-order valence-corrected chi connectivity index (χ2v) is 4.21. The summed E-state index contributed by atoms with van der Waals surface area (Å²) in [5.74, 6) is -0.278. The molecule has 1 fully saturated rings. The number of nitrogens with zero attached hydrogens (tertiary/aromatic N) is 2. The highest BCUT2D eigenvalue weighted by Gasteiger charge is 2.17. The van der Waals surface area contributed by atoms with Gasteiger partial charge in [-0.15, -0.1) is 0 Å². The van der Waals surface area contributed by atoms with Crippen molar-refractivity contribution in [1.29, 1.82) is 0 Å². The molecular weight excluding hydrogens is 192 g/mol. The van der Waals surface area contributed by atoms with Crippen molar-refractivity contribution >= 4 is 5.97 Å². The van der Waals surface area contributed by atoms with Gasteiger partial charge in [0.15, 0.2) is 0 Å². The summed E-state index contributed by atoms with van der Waals surface area (Å²) in [6, 6.07) is 1.56. The summed E-state index contributed by atoms with van der Waals surface area (Å²) >= 11 is 0. The summed E-state index contributed by atoms with van der Waals surface area (Å²) in [5, 5.41) is 13.0. The quantitative estimate of drug-likeness (QED) is 0.828. The fourth-order valence-electron chi connectivity index (χ4n) is 2.27. The first-order valence-corrected chi connectivity index (χ1v) is 5.52. The monoisotopic (exact) mass is 208 g/mol. The molecule has 15 heavy (non-hydrogen) atoms. The van der Waals surface area contributed by atoms with Gasteiger partial charge in [0.2, 0.25) is 0 Å². The molecule has 1 heterocycles. The van der Waals surface area contributed by atoms with Gasteiger partial charge in [0.05, 0.1) is 0 Å². The molecule has 0 aliphatic heterocycles. The molecule has 0 atom stereocenters. The molecular formula is C11H16N2O2. The third kappa shape index (κ3) is 2.37. The Hall–Kier alpha value is -1.32. The van der Waals surface area contributed by atoms with E-state index in [0.29, 0.717) is 11.6 Å². The third-order valence-electron chi connectivity index (χ3n) is 3.09. The number of carboxylic acid groups (broad SMARTS) is 1. The van der Waals surface area contributed by atoms with Crippen LogP contribution in [0.4, 0.5) is 0 Å². The van der Waals surface area contributed by atoms with E-state index in [1.54, 1.807) is 16.9 Å². The average molecular weight is 208 g/mol. The van der Waals surface area contributed by atoms with Crippen LogP contribution >= 0.6 is 0 Å². The van der Waals surface area contributed by atoms with Gasteiger partial charge in [0, 0.05) is 12.7 Å². The maximum absolute atomic E-state index is 10.9. The fraction of sp³-hybridized carbons (Fsp3) is 0.636. The summed E-state index contributed by atoms with van der Waals surface area (Å²) in [7, 11) is 0. The number of hydrogen-bond acceptors (Lipinski definition) is 2. The minimum absolute atomic E-state index is 0.306. The minimum Gasteiger partial charge on any atom is -0.477 e. The van der Waals surface area contributed by atoms with Gasteiger partial charge in [-0.2, -0.15) is 5.10 Å². The van der Waals surface area contributed by atoms with Crippen molar-refractivity contribution in [3.05, 3.63) is 18.0 Å². The number of carbonyl (C=O) groups is 1. The largest absolute Gasteiger partial charge is 0.477 e. The number of hydrogen-bond donors (Lipinski definition) is 1. The normalized spacial score (nSPS) is 17.9. The molecule has 1 aliphatic carbocycles. The molecule has 0 radical (unpaired) electrons. The maximum Gasteiger partial charge on any atom is 0.354 e. The predicted octanol–water partition coefficient (Wildman–Crippen LogP) is 2.16. The smallest absolute Gasteiger partial charge is 0.354 e. The van der Waals surface area contributed by atoms with Crippen LogP contribution in [0.2, 0.25) is 0 Å². The Morgan fingerprint density at radius 2 is 2.20 bits per heavy atom. The van der Waals surface area contributed by atoms with Gasteiger partial charge in [-0.25, -0.2) is 4.79 Å². The molecule has 0 amide bonds. The highest BCUT2D eigenvalue weighted by atomic mass is 16.4. The van der Waals surface area contributed by atoms with E-state index >= 15 is 0 Å². The van der Waals surface area contributed by atoms with E-state index in [0.717, 1.165) is 6.54 Å². The molecule has 0 bridgehead atoms. The Bertz CT molecular complexity index is 340. The van der Waals surface area contributed by atoms with E-state index in [1.807, 2.05) is 0 Å². The molecule has 1 N–H and O–H groups in total. The van der Waals surface area contributed by atoms with E-state index in [1.165, 1.54) is 32.1 Å². The van der Waals surface area contributed by atoms with E-state index < -0.39 is 5.97 Å². The van der Waals surface area contributed by atoms with Crippen molar-refractivity contribution in [2.24, 2.45) is 5.92 Å². The van der Waals surface area contributed by atoms with E-state index in [9.17, 15) is 4.79 Å². The van der Waals surface area contributed by atoms with Crippen LogP contribution in [0.3, 0.4) is 0 Å². The van der Waals surface area contributed by atoms with Crippen LogP contribution in [0, 0.1) is 5.92 Å². The molecule has 0 spiro atoms. The highest BCUT2D eigenvalue weighted by Crippen LogP contribution is 2.25. The summed E-state index contributed by atoms with van der Waals surface area (Å²) in [6.45, 7) is 0.759. The van der Waals surface area contributed by atoms with Crippen LogP contribution in [-0.4, -0.2) is 20.9 Å². The minimum atomic E-state index is -0.886.